The lowest BCUT2D eigenvalue weighted by Gasteiger charge is -2.07. The zero-order valence-corrected chi connectivity index (χ0v) is 8.90. The van der Waals surface area contributed by atoms with E-state index in [4.69, 9.17) is 4.74 Å². The van der Waals surface area contributed by atoms with Crippen molar-refractivity contribution < 1.29 is 4.74 Å². The van der Waals surface area contributed by atoms with E-state index in [1.165, 1.54) is 5.56 Å². The highest BCUT2D eigenvalue weighted by molar-refractivity contribution is 5.67. The molecule has 0 bridgehead atoms. The third kappa shape index (κ3) is 1.99. The molecule has 0 unspecified atom stereocenters. The number of rotatable bonds is 2. The van der Waals surface area contributed by atoms with Gasteiger partial charge in [0.05, 0.1) is 12.8 Å². The summed E-state index contributed by atoms with van der Waals surface area (Å²) in [6, 6.07) is 11.9. The smallest absolute Gasteiger partial charge is 0.128 e. The van der Waals surface area contributed by atoms with Crippen LogP contribution < -0.4 is 4.74 Å². The molecule has 0 N–H and O–H groups in total. The summed E-state index contributed by atoms with van der Waals surface area (Å²) in [5.74, 6) is 0.857. The Labute approximate surface area is 89.6 Å². The summed E-state index contributed by atoms with van der Waals surface area (Å²) in [5.41, 5.74) is 3.18. The highest BCUT2D eigenvalue weighted by Gasteiger charge is 2.05. The third-order valence-electron chi connectivity index (χ3n) is 2.30. The van der Waals surface area contributed by atoms with Gasteiger partial charge in [-0.15, -0.1) is 0 Å². The molecule has 0 atom stereocenters. The molecular formula is C13H13NO. The molecule has 0 aliphatic rings. The van der Waals surface area contributed by atoms with Crippen LogP contribution in [0.4, 0.5) is 0 Å². The summed E-state index contributed by atoms with van der Waals surface area (Å²) in [7, 11) is 1.68. The Morgan fingerprint density at radius 3 is 2.67 bits per heavy atom. The minimum atomic E-state index is 0.857. The molecule has 1 aromatic heterocycles. The zero-order chi connectivity index (χ0) is 10.7. The number of methoxy groups -OCH3 is 1. The number of pyridine rings is 1. The van der Waals surface area contributed by atoms with Crippen molar-refractivity contribution in [3.8, 4) is 17.0 Å². The van der Waals surface area contributed by atoms with Crippen LogP contribution in [0.5, 0.6) is 5.75 Å². The zero-order valence-electron chi connectivity index (χ0n) is 8.90. The van der Waals surface area contributed by atoms with Crippen LogP contribution in [0.3, 0.4) is 0 Å². The number of ether oxygens (including phenoxy) is 1. The van der Waals surface area contributed by atoms with Crippen LogP contribution in [0.1, 0.15) is 5.56 Å². The number of para-hydroxylation sites is 1. The molecule has 76 valence electrons. The molecule has 0 amide bonds. The number of benzene rings is 1. The van der Waals surface area contributed by atoms with Gasteiger partial charge in [0.2, 0.25) is 0 Å². The van der Waals surface area contributed by atoms with E-state index in [0.29, 0.717) is 0 Å². The van der Waals surface area contributed by atoms with Crippen LogP contribution >= 0.6 is 0 Å². The van der Waals surface area contributed by atoms with Crippen molar-refractivity contribution in [1.29, 1.82) is 0 Å². The Hall–Kier alpha value is -1.83. The minimum absolute atomic E-state index is 0.857. The molecule has 0 spiro atoms. The van der Waals surface area contributed by atoms with Crippen molar-refractivity contribution in [2.75, 3.05) is 7.11 Å². The fourth-order valence-electron chi connectivity index (χ4n) is 1.54. The van der Waals surface area contributed by atoms with E-state index in [1.807, 2.05) is 36.5 Å². The van der Waals surface area contributed by atoms with Gasteiger partial charge in [0.25, 0.3) is 0 Å². The largest absolute Gasteiger partial charge is 0.496 e. The van der Waals surface area contributed by atoms with Gasteiger partial charge in [-0.3, -0.25) is 4.98 Å². The van der Waals surface area contributed by atoms with Crippen LogP contribution in [0.15, 0.2) is 42.6 Å². The molecule has 2 nitrogen and oxygen atoms in total. The maximum absolute atomic E-state index is 5.30. The van der Waals surface area contributed by atoms with E-state index in [-0.39, 0.29) is 0 Å². The summed E-state index contributed by atoms with van der Waals surface area (Å²) < 4.78 is 5.30. The lowest BCUT2D eigenvalue weighted by molar-refractivity contribution is 0.416. The standard InChI is InChI=1S/C13H13NO/c1-10-7-8-14-12(9-10)11-5-3-4-6-13(11)15-2/h3-9H,1-2H3. The SMILES string of the molecule is COc1ccccc1-c1cc(C)ccn1. The lowest BCUT2D eigenvalue weighted by Crippen LogP contribution is -1.89. The molecule has 1 heterocycles. The van der Waals surface area contributed by atoms with Crippen LogP contribution in [0.2, 0.25) is 0 Å². The first-order valence-electron chi connectivity index (χ1n) is 4.87. The summed E-state index contributed by atoms with van der Waals surface area (Å²) in [6.07, 6.45) is 1.82. The maximum atomic E-state index is 5.30. The lowest BCUT2D eigenvalue weighted by atomic mass is 10.1. The summed E-state index contributed by atoms with van der Waals surface area (Å²) in [5, 5.41) is 0. The van der Waals surface area contributed by atoms with E-state index in [2.05, 4.69) is 18.0 Å². The average Bonchev–Trinajstić information content (AvgIpc) is 2.29. The van der Waals surface area contributed by atoms with Crippen molar-refractivity contribution in [1.82, 2.24) is 4.98 Å². The van der Waals surface area contributed by atoms with Gasteiger partial charge in [0, 0.05) is 11.8 Å². The van der Waals surface area contributed by atoms with Gasteiger partial charge in [-0.1, -0.05) is 12.1 Å². The Morgan fingerprint density at radius 2 is 1.93 bits per heavy atom. The van der Waals surface area contributed by atoms with Crippen molar-refractivity contribution >= 4 is 0 Å². The van der Waals surface area contributed by atoms with Crippen molar-refractivity contribution in [3.63, 3.8) is 0 Å². The van der Waals surface area contributed by atoms with Gasteiger partial charge in [-0.05, 0) is 36.8 Å². The molecule has 0 saturated carbocycles. The van der Waals surface area contributed by atoms with E-state index in [9.17, 15) is 0 Å². The van der Waals surface area contributed by atoms with Gasteiger partial charge in [0.1, 0.15) is 5.75 Å². The monoisotopic (exact) mass is 199 g/mol. The van der Waals surface area contributed by atoms with Gasteiger partial charge in [-0.2, -0.15) is 0 Å². The fraction of sp³-hybridized carbons (Fsp3) is 0.154. The molecule has 0 radical (unpaired) electrons. The Bertz CT molecular complexity index is 466. The Balaban J connectivity index is 2.53. The molecule has 0 aliphatic carbocycles. The number of nitrogens with zero attached hydrogens (tertiary/aromatic N) is 1. The van der Waals surface area contributed by atoms with E-state index in [1.54, 1.807) is 7.11 Å². The van der Waals surface area contributed by atoms with Crippen molar-refractivity contribution in [2.45, 2.75) is 6.92 Å². The average molecular weight is 199 g/mol. The van der Waals surface area contributed by atoms with Gasteiger partial charge in [0.15, 0.2) is 0 Å². The highest BCUT2D eigenvalue weighted by Crippen LogP contribution is 2.27. The molecule has 0 saturated heterocycles. The van der Waals surface area contributed by atoms with Crippen molar-refractivity contribution in [2.24, 2.45) is 0 Å². The number of aryl methyl sites for hydroxylation is 1. The van der Waals surface area contributed by atoms with Crippen LogP contribution in [-0.2, 0) is 0 Å². The normalized spacial score (nSPS) is 10.0. The second-order valence-corrected chi connectivity index (χ2v) is 3.42. The van der Waals surface area contributed by atoms with E-state index >= 15 is 0 Å². The second-order valence-electron chi connectivity index (χ2n) is 3.42. The summed E-state index contributed by atoms with van der Waals surface area (Å²) >= 11 is 0. The van der Waals surface area contributed by atoms with Crippen molar-refractivity contribution in [3.05, 3.63) is 48.2 Å². The van der Waals surface area contributed by atoms with E-state index < -0.39 is 0 Å². The van der Waals surface area contributed by atoms with E-state index in [0.717, 1.165) is 17.0 Å². The van der Waals surface area contributed by atoms with Gasteiger partial charge >= 0.3 is 0 Å². The summed E-state index contributed by atoms with van der Waals surface area (Å²) in [6.45, 7) is 2.06. The molecule has 0 aliphatic heterocycles. The van der Waals surface area contributed by atoms with Gasteiger partial charge < -0.3 is 4.74 Å². The first-order valence-corrected chi connectivity index (χ1v) is 4.87. The summed E-state index contributed by atoms with van der Waals surface area (Å²) in [4.78, 5) is 4.34. The molecular weight excluding hydrogens is 186 g/mol. The first-order chi connectivity index (χ1) is 7.31. The van der Waals surface area contributed by atoms with Crippen LogP contribution in [0, 0.1) is 6.92 Å². The first kappa shape index (κ1) is 9.71. The number of aromatic nitrogens is 1. The number of hydrogen-bond donors (Lipinski definition) is 0. The molecule has 2 rings (SSSR count). The predicted octanol–water partition coefficient (Wildman–Crippen LogP) is 3.07. The molecule has 2 heteroatoms. The quantitative estimate of drug-likeness (QED) is 0.741. The van der Waals surface area contributed by atoms with Crippen LogP contribution in [-0.4, -0.2) is 12.1 Å². The molecule has 0 fully saturated rings. The van der Waals surface area contributed by atoms with Crippen LogP contribution in [0.25, 0.3) is 11.3 Å². The Kier molecular flexibility index (Phi) is 2.68. The number of hydrogen-bond acceptors (Lipinski definition) is 2. The Morgan fingerprint density at radius 1 is 1.13 bits per heavy atom. The topological polar surface area (TPSA) is 22.1 Å². The molecule has 2 aromatic rings. The van der Waals surface area contributed by atoms with Gasteiger partial charge in [-0.25, -0.2) is 0 Å². The fourth-order valence-corrected chi connectivity index (χ4v) is 1.54. The second kappa shape index (κ2) is 4.13. The minimum Gasteiger partial charge on any atom is -0.496 e. The highest BCUT2D eigenvalue weighted by atomic mass is 16.5. The molecule has 1 aromatic carbocycles. The predicted molar refractivity (Wildman–Crippen MR) is 61.0 cm³/mol. The third-order valence-corrected chi connectivity index (χ3v) is 2.30. The molecule has 15 heavy (non-hydrogen) atoms. The maximum Gasteiger partial charge on any atom is 0.128 e.